The summed E-state index contributed by atoms with van der Waals surface area (Å²) in [7, 11) is 0. The number of hydrogen-bond donors (Lipinski definition) is 0. The third kappa shape index (κ3) is 3.08. The van der Waals surface area contributed by atoms with Crippen molar-refractivity contribution < 1.29 is 14.0 Å². The minimum Gasteiger partial charge on any atom is -0.459 e. The molecule has 1 aliphatic heterocycles. The standard InChI is InChI=1S/C16H18N4O3/c1-11-13(12(2)21)10-17-16(18-11)20-7-5-19(6-8-20)15(22)14-4-3-9-23-14/h3-4,9-10H,5-8H2,1-2H3. The van der Waals surface area contributed by atoms with Crippen LogP contribution in [0.15, 0.2) is 29.0 Å². The number of Topliss-reactive ketones (excluding diaryl/α,β-unsaturated/α-hetero) is 1. The van der Waals surface area contributed by atoms with Crippen LogP contribution in [-0.4, -0.2) is 52.7 Å². The van der Waals surface area contributed by atoms with E-state index in [4.69, 9.17) is 4.42 Å². The Morgan fingerprint density at radius 3 is 2.52 bits per heavy atom. The summed E-state index contributed by atoms with van der Waals surface area (Å²) in [6.07, 6.45) is 3.07. The molecule has 1 amide bonds. The third-order valence-corrected chi connectivity index (χ3v) is 3.93. The lowest BCUT2D eigenvalue weighted by molar-refractivity contribution is 0.0714. The largest absolute Gasteiger partial charge is 0.459 e. The van der Waals surface area contributed by atoms with E-state index in [0.29, 0.717) is 49.1 Å². The van der Waals surface area contributed by atoms with Crippen molar-refractivity contribution in [2.75, 3.05) is 31.1 Å². The number of furan rings is 1. The van der Waals surface area contributed by atoms with Crippen molar-refractivity contribution in [3.63, 3.8) is 0 Å². The molecule has 3 rings (SSSR count). The Hall–Kier alpha value is -2.70. The van der Waals surface area contributed by atoms with Crippen LogP contribution in [0.5, 0.6) is 0 Å². The first-order chi connectivity index (χ1) is 11.1. The molecule has 7 nitrogen and oxygen atoms in total. The second kappa shape index (κ2) is 6.20. The lowest BCUT2D eigenvalue weighted by atomic mass is 10.2. The lowest BCUT2D eigenvalue weighted by Gasteiger charge is -2.34. The number of anilines is 1. The highest BCUT2D eigenvalue weighted by Crippen LogP contribution is 2.15. The van der Waals surface area contributed by atoms with Gasteiger partial charge in [-0.1, -0.05) is 0 Å². The van der Waals surface area contributed by atoms with Gasteiger partial charge in [-0.25, -0.2) is 9.97 Å². The van der Waals surface area contributed by atoms with Gasteiger partial charge in [-0.2, -0.15) is 0 Å². The van der Waals surface area contributed by atoms with Crippen molar-refractivity contribution in [1.29, 1.82) is 0 Å². The van der Waals surface area contributed by atoms with Crippen LogP contribution in [0.3, 0.4) is 0 Å². The van der Waals surface area contributed by atoms with Crippen LogP contribution >= 0.6 is 0 Å². The fourth-order valence-electron chi connectivity index (χ4n) is 2.62. The molecular formula is C16H18N4O3. The van der Waals surface area contributed by atoms with Gasteiger partial charge in [-0.15, -0.1) is 0 Å². The molecule has 0 bridgehead atoms. The van der Waals surface area contributed by atoms with Gasteiger partial charge in [0.15, 0.2) is 11.5 Å². The first-order valence-corrected chi connectivity index (χ1v) is 7.48. The summed E-state index contributed by atoms with van der Waals surface area (Å²) in [5.41, 5.74) is 1.22. The Morgan fingerprint density at radius 2 is 1.96 bits per heavy atom. The lowest BCUT2D eigenvalue weighted by Crippen LogP contribution is -2.49. The van der Waals surface area contributed by atoms with Crippen molar-refractivity contribution in [1.82, 2.24) is 14.9 Å². The van der Waals surface area contributed by atoms with E-state index < -0.39 is 0 Å². The molecule has 1 saturated heterocycles. The van der Waals surface area contributed by atoms with Gasteiger partial charge in [0.1, 0.15) is 0 Å². The summed E-state index contributed by atoms with van der Waals surface area (Å²) < 4.78 is 5.15. The summed E-state index contributed by atoms with van der Waals surface area (Å²) >= 11 is 0. The maximum absolute atomic E-state index is 12.2. The topological polar surface area (TPSA) is 79.5 Å². The molecule has 0 N–H and O–H groups in total. The fraction of sp³-hybridized carbons (Fsp3) is 0.375. The van der Waals surface area contributed by atoms with Gasteiger partial charge in [0.25, 0.3) is 5.91 Å². The minimum atomic E-state index is -0.0984. The maximum atomic E-state index is 12.2. The van der Waals surface area contributed by atoms with Crippen molar-refractivity contribution in [3.05, 3.63) is 41.6 Å². The zero-order valence-corrected chi connectivity index (χ0v) is 13.2. The smallest absolute Gasteiger partial charge is 0.289 e. The number of hydrogen-bond acceptors (Lipinski definition) is 6. The number of aromatic nitrogens is 2. The molecule has 0 atom stereocenters. The molecule has 23 heavy (non-hydrogen) atoms. The molecule has 0 spiro atoms. The van der Waals surface area contributed by atoms with Crippen molar-refractivity contribution in [2.45, 2.75) is 13.8 Å². The maximum Gasteiger partial charge on any atom is 0.289 e. The highest BCUT2D eigenvalue weighted by molar-refractivity contribution is 5.94. The predicted molar refractivity (Wildman–Crippen MR) is 83.6 cm³/mol. The van der Waals surface area contributed by atoms with Crippen LogP contribution < -0.4 is 4.90 Å². The Bertz CT molecular complexity index is 719. The Morgan fingerprint density at radius 1 is 1.22 bits per heavy atom. The summed E-state index contributed by atoms with van der Waals surface area (Å²) in [6.45, 7) is 5.76. The molecule has 7 heteroatoms. The SMILES string of the molecule is CC(=O)c1cnc(N2CCN(C(=O)c3ccco3)CC2)nc1C. The van der Waals surface area contributed by atoms with Crippen LogP contribution in [0.2, 0.25) is 0 Å². The van der Waals surface area contributed by atoms with Gasteiger partial charge in [-0.3, -0.25) is 9.59 Å². The normalized spacial score (nSPS) is 14.9. The molecule has 2 aromatic heterocycles. The fourth-order valence-corrected chi connectivity index (χ4v) is 2.62. The second-order valence-electron chi connectivity index (χ2n) is 5.48. The summed E-state index contributed by atoms with van der Waals surface area (Å²) in [5.74, 6) is 0.815. The Kier molecular flexibility index (Phi) is 4.10. The number of carbonyl (C=O) groups is 2. The van der Waals surface area contributed by atoms with Crippen LogP contribution in [0, 0.1) is 6.92 Å². The van der Waals surface area contributed by atoms with E-state index in [1.54, 1.807) is 30.2 Å². The zero-order chi connectivity index (χ0) is 16.4. The highest BCUT2D eigenvalue weighted by Gasteiger charge is 2.25. The zero-order valence-electron chi connectivity index (χ0n) is 13.2. The van der Waals surface area contributed by atoms with E-state index in [-0.39, 0.29) is 11.7 Å². The summed E-state index contributed by atoms with van der Waals surface area (Å²) in [6, 6.07) is 3.37. The molecule has 1 fully saturated rings. The average Bonchev–Trinajstić information content (AvgIpc) is 3.08. The number of carbonyl (C=O) groups excluding carboxylic acids is 2. The average molecular weight is 314 g/mol. The molecule has 0 radical (unpaired) electrons. The second-order valence-corrected chi connectivity index (χ2v) is 5.48. The molecule has 0 saturated carbocycles. The van der Waals surface area contributed by atoms with E-state index in [1.807, 2.05) is 4.90 Å². The molecule has 3 heterocycles. The van der Waals surface area contributed by atoms with Crippen molar-refractivity contribution in [3.8, 4) is 0 Å². The van der Waals surface area contributed by atoms with E-state index in [0.717, 1.165) is 0 Å². The monoisotopic (exact) mass is 314 g/mol. The van der Waals surface area contributed by atoms with Crippen molar-refractivity contribution in [2.24, 2.45) is 0 Å². The van der Waals surface area contributed by atoms with Gasteiger partial charge >= 0.3 is 0 Å². The highest BCUT2D eigenvalue weighted by atomic mass is 16.3. The van der Waals surface area contributed by atoms with Gasteiger partial charge in [0, 0.05) is 32.4 Å². The molecule has 0 aromatic carbocycles. The molecule has 2 aromatic rings. The number of piperazine rings is 1. The van der Waals surface area contributed by atoms with Gasteiger partial charge < -0.3 is 14.2 Å². The van der Waals surface area contributed by atoms with Crippen molar-refractivity contribution >= 4 is 17.6 Å². The minimum absolute atomic E-state index is 0.0390. The van der Waals surface area contributed by atoms with Gasteiger partial charge in [0.05, 0.1) is 17.5 Å². The van der Waals surface area contributed by atoms with Gasteiger partial charge in [0.2, 0.25) is 5.95 Å². The molecule has 0 unspecified atom stereocenters. The molecular weight excluding hydrogens is 296 g/mol. The van der Waals surface area contributed by atoms with E-state index in [2.05, 4.69) is 9.97 Å². The number of amides is 1. The van der Waals surface area contributed by atoms with Gasteiger partial charge in [-0.05, 0) is 26.0 Å². The van der Waals surface area contributed by atoms with E-state index in [1.165, 1.54) is 13.2 Å². The summed E-state index contributed by atoms with van der Waals surface area (Å²) in [5, 5.41) is 0. The first-order valence-electron chi connectivity index (χ1n) is 7.48. The molecule has 1 aliphatic rings. The third-order valence-electron chi connectivity index (χ3n) is 3.93. The number of rotatable bonds is 3. The van der Waals surface area contributed by atoms with Crippen LogP contribution in [0.1, 0.15) is 33.5 Å². The molecule has 0 aliphatic carbocycles. The van der Waals surface area contributed by atoms with Crippen LogP contribution in [0.25, 0.3) is 0 Å². The molecule has 120 valence electrons. The van der Waals surface area contributed by atoms with Crippen LogP contribution in [-0.2, 0) is 0 Å². The quantitative estimate of drug-likeness (QED) is 0.800. The van der Waals surface area contributed by atoms with E-state index >= 15 is 0 Å². The number of ketones is 1. The first kappa shape index (κ1) is 15.2. The predicted octanol–water partition coefficient (Wildman–Crippen LogP) is 1.54. The van der Waals surface area contributed by atoms with E-state index in [9.17, 15) is 9.59 Å². The van der Waals surface area contributed by atoms with Crippen LogP contribution in [0.4, 0.5) is 5.95 Å². The number of nitrogens with zero attached hydrogens (tertiary/aromatic N) is 4. The number of aryl methyl sites for hydroxylation is 1. The Labute approximate surface area is 133 Å². The summed E-state index contributed by atoms with van der Waals surface area (Å²) in [4.78, 5) is 36.1. The Balaban J connectivity index is 1.66.